The van der Waals surface area contributed by atoms with Crippen LogP contribution in [0.15, 0.2) is 54.7 Å². The smallest absolute Gasteiger partial charge is 0.229 e. The predicted molar refractivity (Wildman–Crippen MR) is 109 cm³/mol. The molecule has 144 valence electrons. The van der Waals surface area contributed by atoms with Gasteiger partial charge in [0.25, 0.3) is 0 Å². The molecule has 1 aromatic heterocycles. The van der Waals surface area contributed by atoms with Crippen molar-refractivity contribution in [2.45, 2.75) is 0 Å². The Labute approximate surface area is 167 Å². The van der Waals surface area contributed by atoms with Crippen LogP contribution in [0.3, 0.4) is 0 Å². The average Bonchev–Trinajstić information content (AvgIpc) is 2.72. The Bertz CT molecular complexity index is 948. The van der Waals surface area contributed by atoms with Gasteiger partial charge in [-0.05, 0) is 48.5 Å². The largest absolute Gasteiger partial charge is 0.378 e. The van der Waals surface area contributed by atoms with Crippen LogP contribution >= 0.6 is 11.6 Å². The van der Waals surface area contributed by atoms with Crippen LogP contribution in [-0.4, -0.2) is 36.3 Å². The first kappa shape index (κ1) is 18.5. The maximum Gasteiger partial charge on any atom is 0.229 e. The van der Waals surface area contributed by atoms with E-state index >= 15 is 0 Å². The summed E-state index contributed by atoms with van der Waals surface area (Å²) in [7, 11) is 0. The van der Waals surface area contributed by atoms with Gasteiger partial charge < -0.3 is 20.3 Å². The Morgan fingerprint density at radius 3 is 2.46 bits per heavy atom. The first-order valence-electron chi connectivity index (χ1n) is 8.92. The summed E-state index contributed by atoms with van der Waals surface area (Å²) in [5, 5.41) is 6.33. The molecule has 2 heterocycles. The van der Waals surface area contributed by atoms with Crippen molar-refractivity contribution in [1.82, 2.24) is 9.97 Å². The fourth-order valence-corrected chi connectivity index (χ4v) is 3.10. The van der Waals surface area contributed by atoms with Crippen LogP contribution in [0.1, 0.15) is 0 Å². The van der Waals surface area contributed by atoms with E-state index in [-0.39, 0.29) is 5.02 Å². The van der Waals surface area contributed by atoms with E-state index in [9.17, 15) is 4.39 Å². The second kappa shape index (κ2) is 8.41. The minimum Gasteiger partial charge on any atom is -0.378 e. The van der Waals surface area contributed by atoms with Crippen molar-refractivity contribution in [2.75, 3.05) is 41.8 Å². The molecular weight excluding hydrogens is 381 g/mol. The number of morpholine rings is 1. The first-order chi connectivity index (χ1) is 13.7. The lowest BCUT2D eigenvalue weighted by Crippen LogP contribution is -2.36. The van der Waals surface area contributed by atoms with E-state index in [1.807, 2.05) is 12.1 Å². The lowest BCUT2D eigenvalue weighted by Gasteiger charge is -2.28. The van der Waals surface area contributed by atoms with Crippen molar-refractivity contribution in [1.29, 1.82) is 0 Å². The molecule has 4 rings (SSSR count). The molecule has 3 aromatic rings. The highest BCUT2D eigenvalue weighted by Crippen LogP contribution is 2.24. The summed E-state index contributed by atoms with van der Waals surface area (Å²) in [5.74, 6) is 0.570. The topological polar surface area (TPSA) is 62.3 Å². The third-order valence-corrected chi connectivity index (χ3v) is 4.64. The third-order valence-electron chi connectivity index (χ3n) is 4.35. The second-order valence-corrected chi connectivity index (χ2v) is 6.70. The van der Waals surface area contributed by atoms with Gasteiger partial charge in [-0.15, -0.1) is 0 Å². The second-order valence-electron chi connectivity index (χ2n) is 6.29. The Hall–Kier alpha value is -2.90. The molecule has 8 heteroatoms. The van der Waals surface area contributed by atoms with Gasteiger partial charge in [0.15, 0.2) is 0 Å². The molecule has 0 saturated carbocycles. The summed E-state index contributed by atoms with van der Waals surface area (Å²) in [4.78, 5) is 11.0. The van der Waals surface area contributed by atoms with Crippen molar-refractivity contribution in [2.24, 2.45) is 0 Å². The monoisotopic (exact) mass is 399 g/mol. The lowest BCUT2D eigenvalue weighted by molar-refractivity contribution is 0.122. The Morgan fingerprint density at radius 2 is 1.71 bits per heavy atom. The quantitative estimate of drug-likeness (QED) is 0.654. The van der Waals surface area contributed by atoms with Gasteiger partial charge in [-0.3, -0.25) is 0 Å². The molecule has 1 fully saturated rings. The van der Waals surface area contributed by atoms with Gasteiger partial charge in [0.2, 0.25) is 5.95 Å². The molecule has 2 aromatic carbocycles. The van der Waals surface area contributed by atoms with E-state index in [2.05, 4.69) is 37.6 Å². The van der Waals surface area contributed by atoms with Gasteiger partial charge in [-0.2, -0.15) is 4.98 Å². The van der Waals surface area contributed by atoms with E-state index in [0.29, 0.717) is 17.5 Å². The summed E-state index contributed by atoms with van der Waals surface area (Å²) in [6, 6.07) is 14.3. The van der Waals surface area contributed by atoms with E-state index < -0.39 is 5.82 Å². The Kier molecular flexibility index (Phi) is 5.55. The summed E-state index contributed by atoms with van der Waals surface area (Å²) < 4.78 is 18.7. The van der Waals surface area contributed by atoms with Crippen LogP contribution in [0.2, 0.25) is 5.02 Å². The zero-order chi connectivity index (χ0) is 19.3. The number of benzene rings is 2. The molecule has 2 N–H and O–H groups in total. The fraction of sp³-hybridized carbons (Fsp3) is 0.200. The van der Waals surface area contributed by atoms with Gasteiger partial charge >= 0.3 is 0 Å². The third kappa shape index (κ3) is 4.49. The lowest BCUT2D eigenvalue weighted by atomic mass is 10.2. The van der Waals surface area contributed by atoms with Crippen molar-refractivity contribution >= 4 is 40.4 Å². The SMILES string of the molecule is Fc1ccc(Nc2ccnc(Nc3ccc(N4CCOCC4)cc3)n2)cc1Cl. The van der Waals surface area contributed by atoms with Gasteiger partial charge in [0.05, 0.1) is 18.2 Å². The number of anilines is 5. The number of rotatable bonds is 5. The molecule has 1 aliphatic heterocycles. The molecule has 0 atom stereocenters. The number of hydrogen-bond donors (Lipinski definition) is 2. The highest BCUT2D eigenvalue weighted by molar-refractivity contribution is 6.31. The Morgan fingerprint density at radius 1 is 0.964 bits per heavy atom. The van der Waals surface area contributed by atoms with Crippen LogP contribution in [0, 0.1) is 5.82 Å². The molecule has 6 nitrogen and oxygen atoms in total. The first-order valence-corrected chi connectivity index (χ1v) is 9.30. The molecule has 1 saturated heterocycles. The molecule has 0 spiro atoms. The number of nitrogens with one attached hydrogen (secondary N) is 2. The van der Waals surface area contributed by atoms with Gasteiger partial charge in [0, 0.05) is 36.3 Å². The zero-order valence-electron chi connectivity index (χ0n) is 15.0. The van der Waals surface area contributed by atoms with Crippen LogP contribution in [0.4, 0.5) is 33.2 Å². The van der Waals surface area contributed by atoms with Crippen LogP contribution in [-0.2, 0) is 4.74 Å². The number of hydrogen-bond acceptors (Lipinski definition) is 6. The molecule has 0 bridgehead atoms. The molecular formula is C20H19ClFN5O. The van der Waals surface area contributed by atoms with Gasteiger partial charge in [-0.1, -0.05) is 11.6 Å². The molecule has 0 unspecified atom stereocenters. The van der Waals surface area contributed by atoms with E-state index in [1.165, 1.54) is 17.8 Å². The number of ether oxygens (including phenoxy) is 1. The summed E-state index contributed by atoms with van der Waals surface area (Å²) in [6.45, 7) is 3.31. The standard InChI is InChI=1S/C20H19ClFN5O/c21-17-13-15(3-6-18(17)22)24-19-7-8-23-20(26-19)25-14-1-4-16(5-2-14)27-9-11-28-12-10-27/h1-8,13H,9-12H2,(H2,23,24,25,26). The van der Waals surface area contributed by atoms with Crippen molar-refractivity contribution in [3.8, 4) is 0 Å². The Balaban J connectivity index is 1.43. The minimum absolute atomic E-state index is 0.0535. The van der Waals surface area contributed by atoms with E-state index in [1.54, 1.807) is 18.3 Å². The maximum atomic E-state index is 13.3. The minimum atomic E-state index is -0.460. The highest BCUT2D eigenvalue weighted by Gasteiger charge is 2.11. The van der Waals surface area contributed by atoms with E-state index in [0.717, 1.165) is 32.0 Å². The van der Waals surface area contributed by atoms with Crippen molar-refractivity contribution < 1.29 is 9.13 Å². The normalized spacial score (nSPS) is 14.0. The fourth-order valence-electron chi connectivity index (χ4n) is 2.92. The average molecular weight is 400 g/mol. The number of aromatic nitrogens is 2. The van der Waals surface area contributed by atoms with E-state index in [4.69, 9.17) is 16.3 Å². The van der Waals surface area contributed by atoms with Gasteiger partial charge in [-0.25, -0.2) is 9.37 Å². The molecule has 1 aliphatic rings. The molecule has 0 radical (unpaired) electrons. The summed E-state index contributed by atoms with van der Waals surface area (Å²) in [6.07, 6.45) is 1.64. The molecule has 0 aliphatic carbocycles. The highest BCUT2D eigenvalue weighted by atomic mass is 35.5. The predicted octanol–water partition coefficient (Wildman–Crippen LogP) is 4.59. The van der Waals surface area contributed by atoms with Crippen LogP contribution < -0.4 is 15.5 Å². The number of nitrogens with zero attached hydrogens (tertiary/aromatic N) is 3. The summed E-state index contributed by atoms with van der Waals surface area (Å²) >= 11 is 5.82. The van der Waals surface area contributed by atoms with Crippen molar-refractivity contribution in [3.63, 3.8) is 0 Å². The van der Waals surface area contributed by atoms with Crippen LogP contribution in [0.25, 0.3) is 0 Å². The number of halogens is 2. The van der Waals surface area contributed by atoms with Crippen LogP contribution in [0.5, 0.6) is 0 Å². The summed E-state index contributed by atoms with van der Waals surface area (Å²) in [5.41, 5.74) is 2.70. The zero-order valence-corrected chi connectivity index (χ0v) is 15.8. The van der Waals surface area contributed by atoms with Gasteiger partial charge in [0.1, 0.15) is 11.6 Å². The molecule has 0 amide bonds. The maximum absolute atomic E-state index is 13.3. The molecule has 28 heavy (non-hydrogen) atoms. The van der Waals surface area contributed by atoms with Crippen molar-refractivity contribution in [3.05, 3.63) is 65.6 Å².